The predicted molar refractivity (Wildman–Crippen MR) is 87.8 cm³/mol. The van der Waals surface area contributed by atoms with Gasteiger partial charge in [0.05, 0.1) is 16.7 Å². The summed E-state index contributed by atoms with van der Waals surface area (Å²) < 4.78 is 29.6. The van der Waals surface area contributed by atoms with Crippen LogP contribution in [0.1, 0.15) is 24.6 Å². The van der Waals surface area contributed by atoms with Crippen LogP contribution in [-0.4, -0.2) is 18.0 Å². The van der Waals surface area contributed by atoms with Crippen molar-refractivity contribution in [3.05, 3.63) is 41.5 Å². The number of thiophene rings is 1. The summed E-state index contributed by atoms with van der Waals surface area (Å²) in [6, 6.07) is 8.82. The maximum atomic E-state index is 12.3. The minimum absolute atomic E-state index is 0.312. The van der Waals surface area contributed by atoms with Gasteiger partial charge in [-0.1, -0.05) is 6.07 Å². The van der Waals surface area contributed by atoms with Gasteiger partial charge in [-0.05, 0) is 42.5 Å². The second-order valence-corrected chi connectivity index (χ2v) is 8.40. The van der Waals surface area contributed by atoms with E-state index in [-0.39, 0.29) is 0 Å². The molecule has 1 fully saturated rings. The van der Waals surface area contributed by atoms with Crippen molar-refractivity contribution in [3.8, 4) is 0 Å². The lowest BCUT2D eigenvalue weighted by atomic mass is 10.3. The molecule has 0 aliphatic heterocycles. The maximum absolute atomic E-state index is 12.3. The van der Waals surface area contributed by atoms with Crippen LogP contribution in [0, 0.1) is 0 Å². The zero-order chi connectivity index (χ0) is 15.3. The Hall–Kier alpha value is -1.86. The van der Waals surface area contributed by atoms with Gasteiger partial charge in [0.25, 0.3) is 10.0 Å². The average Bonchev–Trinajstić information content (AvgIpc) is 3.04. The number of sulfonamides is 1. The van der Waals surface area contributed by atoms with E-state index in [0.717, 1.165) is 16.9 Å². The fourth-order valence-electron chi connectivity index (χ4n) is 2.61. The SMILES string of the molecule is Cn1c(C2CC2)nc2cc(NS(=O)(=O)c3cccs3)ccc21. The van der Waals surface area contributed by atoms with Crippen LogP contribution in [0.4, 0.5) is 5.69 Å². The minimum Gasteiger partial charge on any atom is -0.331 e. The second kappa shape index (κ2) is 4.82. The Morgan fingerprint density at radius 2 is 2.14 bits per heavy atom. The number of hydrogen-bond donors (Lipinski definition) is 1. The lowest BCUT2D eigenvalue weighted by Crippen LogP contribution is -2.11. The number of benzene rings is 1. The van der Waals surface area contributed by atoms with Crippen molar-refractivity contribution in [1.82, 2.24) is 9.55 Å². The van der Waals surface area contributed by atoms with Crippen LogP contribution in [0.5, 0.6) is 0 Å². The van der Waals surface area contributed by atoms with Gasteiger partial charge in [-0.25, -0.2) is 13.4 Å². The van der Waals surface area contributed by atoms with Crippen LogP contribution in [-0.2, 0) is 17.1 Å². The van der Waals surface area contributed by atoms with Gasteiger partial charge in [0.2, 0.25) is 0 Å². The molecule has 1 N–H and O–H groups in total. The molecule has 5 nitrogen and oxygen atoms in total. The fraction of sp³-hybridized carbons (Fsp3) is 0.267. The quantitative estimate of drug-likeness (QED) is 0.796. The molecule has 0 amide bonds. The standard InChI is InChI=1S/C15H15N3O2S2/c1-18-13-7-6-11(9-12(13)16-15(18)10-4-5-10)17-22(19,20)14-3-2-8-21-14/h2-3,6-10,17H,4-5H2,1H3. The number of nitrogens with zero attached hydrogens (tertiary/aromatic N) is 2. The number of imidazole rings is 1. The number of fused-ring (bicyclic) bond motifs is 1. The molecular formula is C15H15N3O2S2. The van der Waals surface area contributed by atoms with Crippen molar-refractivity contribution < 1.29 is 8.42 Å². The van der Waals surface area contributed by atoms with Crippen molar-refractivity contribution in [2.45, 2.75) is 23.0 Å². The lowest BCUT2D eigenvalue weighted by molar-refractivity contribution is 0.603. The molecule has 0 unspecified atom stereocenters. The van der Waals surface area contributed by atoms with Crippen LogP contribution >= 0.6 is 11.3 Å². The van der Waals surface area contributed by atoms with Gasteiger partial charge in [-0.2, -0.15) is 0 Å². The highest BCUT2D eigenvalue weighted by atomic mass is 32.2. The largest absolute Gasteiger partial charge is 0.331 e. The summed E-state index contributed by atoms with van der Waals surface area (Å²) in [7, 11) is -1.50. The normalized spacial score (nSPS) is 15.3. The average molecular weight is 333 g/mol. The molecule has 7 heteroatoms. The summed E-state index contributed by atoms with van der Waals surface area (Å²) in [5, 5.41) is 1.75. The summed E-state index contributed by atoms with van der Waals surface area (Å²) >= 11 is 1.20. The third-order valence-corrected chi connectivity index (χ3v) is 6.65. The third-order valence-electron chi connectivity index (χ3n) is 3.87. The Labute approximate surface area is 132 Å². The molecule has 114 valence electrons. The van der Waals surface area contributed by atoms with E-state index in [2.05, 4.69) is 14.3 Å². The Morgan fingerprint density at radius 3 is 2.82 bits per heavy atom. The van der Waals surface area contributed by atoms with Gasteiger partial charge in [-0.3, -0.25) is 4.72 Å². The Morgan fingerprint density at radius 1 is 1.32 bits per heavy atom. The zero-order valence-electron chi connectivity index (χ0n) is 12.0. The van der Waals surface area contributed by atoms with E-state index in [1.807, 2.05) is 13.1 Å². The monoisotopic (exact) mass is 333 g/mol. The number of anilines is 1. The van der Waals surface area contributed by atoms with Crippen LogP contribution in [0.2, 0.25) is 0 Å². The van der Waals surface area contributed by atoms with Crippen LogP contribution in [0.15, 0.2) is 39.9 Å². The van der Waals surface area contributed by atoms with E-state index in [1.54, 1.807) is 29.6 Å². The van der Waals surface area contributed by atoms with E-state index in [1.165, 1.54) is 24.2 Å². The highest BCUT2D eigenvalue weighted by Crippen LogP contribution is 2.40. The molecule has 0 spiro atoms. The fourth-order valence-corrected chi connectivity index (χ4v) is 4.65. The van der Waals surface area contributed by atoms with Gasteiger partial charge >= 0.3 is 0 Å². The van der Waals surface area contributed by atoms with Crippen molar-refractivity contribution in [3.63, 3.8) is 0 Å². The van der Waals surface area contributed by atoms with Gasteiger partial charge < -0.3 is 4.57 Å². The summed E-state index contributed by atoms with van der Waals surface area (Å²) in [5.41, 5.74) is 2.40. The van der Waals surface area contributed by atoms with Crippen LogP contribution < -0.4 is 4.72 Å². The molecule has 0 saturated heterocycles. The van der Waals surface area contributed by atoms with Gasteiger partial charge in [0.1, 0.15) is 10.0 Å². The summed E-state index contributed by atoms with van der Waals surface area (Å²) in [5.74, 6) is 1.65. The number of aromatic nitrogens is 2. The molecule has 1 aliphatic rings. The molecule has 0 atom stereocenters. The number of aryl methyl sites for hydroxylation is 1. The van der Waals surface area contributed by atoms with Crippen LogP contribution in [0.3, 0.4) is 0 Å². The molecule has 2 heterocycles. The highest BCUT2D eigenvalue weighted by Gasteiger charge is 2.28. The van der Waals surface area contributed by atoms with Gasteiger partial charge in [0.15, 0.2) is 0 Å². The number of hydrogen-bond acceptors (Lipinski definition) is 4. The summed E-state index contributed by atoms with van der Waals surface area (Å²) in [6.07, 6.45) is 2.38. The molecular weight excluding hydrogens is 318 g/mol. The molecule has 0 bridgehead atoms. The first-order chi connectivity index (χ1) is 10.5. The van der Waals surface area contributed by atoms with Gasteiger partial charge in [0, 0.05) is 13.0 Å². The zero-order valence-corrected chi connectivity index (χ0v) is 13.6. The van der Waals surface area contributed by atoms with Gasteiger partial charge in [-0.15, -0.1) is 11.3 Å². The first kappa shape index (κ1) is 13.8. The molecule has 1 saturated carbocycles. The van der Waals surface area contributed by atoms with Crippen molar-refractivity contribution in [2.24, 2.45) is 7.05 Å². The molecule has 1 aromatic carbocycles. The van der Waals surface area contributed by atoms with E-state index in [4.69, 9.17) is 0 Å². The Bertz CT molecular complexity index is 939. The lowest BCUT2D eigenvalue weighted by Gasteiger charge is -2.06. The highest BCUT2D eigenvalue weighted by molar-refractivity contribution is 7.94. The minimum atomic E-state index is -3.51. The predicted octanol–water partition coefficient (Wildman–Crippen LogP) is 3.31. The molecule has 4 rings (SSSR count). The van der Waals surface area contributed by atoms with E-state index < -0.39 is 10.0 Å². The smallest absolute Gasteiger partial charge is 0.271 e. The molecule has 3 aromatic rings. The van der Waals surface area contributed by atoms with E-state index in [0.29, 0.717) is 15.8 Å². The van der Waals surface area contributed by atoms with E-state index >= 15 is 0 Å². The maximum Gasteiger partial charge on any atom is 0.271 e. The molecule has 1 aliphatic carbocycles. The Kier molecular flexibility index (Phi) is 3.02. The summed E-state index contributed by atoms with van der Waals surface area (Å²) in [4.78, 5) is 4.66. The first-order valence-corrected chi connectivity index (χ1v) is 9.43. The Balaban J connectivity index is 1.71. The molecule has 2 aromatic heterocycles. The molecule has 22 heavy (non-hydrogen) atoms. The van der Waals surface area contributed by atoms with Crippen molar-refractivity contribution in [2.75, 3.05) is 4.72 Å². The number of nitrogens with one attached hydrogen (secondary N) is 1. The molecule has 0 radical (unpaired) electrons. The second-order valence-electron chi connectivity index (χ2n) is 5.54. The summed E-state index contributed by atoms with van der Waals surface area (Å²) in [6.45, 7) is 0. The van der Waals surface area contributed by atoms with Crippen LogP contribution in [0.25, 0.3) is 11.0 Å². The van der Waals surface area contributed by atoms with Crippen molar-refractivity contribution in [1.29, 1.82) is 0 Å². The van der Waals surface area contributed by atoms with Crippen molar-refractivity contribution >= 4 is 38.1 Å². The first-order valence-electron chi connectivity index (χ1n) is 7.07. The third kappa shape index (κ3) is 2.30. The number of rotatable bonds is 4. The van der Waals surface area contributed by atoms with E-state index in [9.17, 15) is 8.42 Å². The topological polar surface area (TPSA) is 64.0 Å².